The van der Waals surface area contributed by atoms with E-state index in [1.165, 1.54) is 29.3 Å². The summed E-state index contributed by atoms with van der Waals surface area (Å²) in [7, 11) is 0. The molecule has 2 aromatic carbocycles. The van der Waals surface area contributed by atoms with Crippen LogP contribution in [0.4, 0.5) is 10.2 Å². The zero-order valence-electron chi connectivity index (χ0n) is 18.6. The molecule has 1 amide bonds. The lowest BCUT2D eigenvalue weighted by molar-refractivity contribution is -0.125. The quantitative estimate of drug-likeness (QED) is 0.420. The van der Waals surface area contributed by atoms with Gasteiger partial charge < -0.3 is 10.2 Å². The highest BCUT2D eigenvalue weighted by atomic mass is 32.1. The van der Waals surface area contributed by atoms with Crippen molar-refractivity contribution in [2.75, 3.05) is 18.0 Å². The van der Waals surface area contributed by atoms with Crippen LogP contribution in [0.15, 0.2) is 54.9 Å². The summed E-state index contributed by atoms with van der Waals surface area (Å²) >= 11 is 1.51. The molecule has 2 atom stereocenters. The number of thiophene rings is 1. The van der Waals surface area contributed by atoms with E-state index in [1.54, 1.807) is 6.07 Å². The number of carbonyl (C=O) groups excluding carboxylic acids is 1. The number of halogens is 1. The van der Waals surface area contributed by atoms with Crippen LogP contribution in [-0.4, -0.2) is 35.0 Å². The molecule has 3 heterocycles. The molecule has 0 radical (unpaired) electrons. The van der Waals surface area contributed by atoms with Gasteiger partial charge in [-0.05, 0) is 50.3 Å². The Labute approximate surface area is 196 Å². The highest BCUT2D eigenvalue weighted by molar-refractivity contribution is 7.26. The lowest BCUT2D eigenvalue weighted by Gasteiger charge is -2.33. The summed E-state index contributed by atoms with van der Waals surface area (Å²) in [6, 6.07) is 15.6. The number of carbonyl (C=O) groups is 1. The first kappa shape index (κ1) is 21.8. The van der Waals surface area contributed by atoms with Crippen LogP contribution in [0.25, 0.3) is 20.3 Å². The van der Waals surface area contributed by atoms with Gasteiger partial charge in [-0.15, -0.1) is 11.3 Å². The summed E-state index contributed by atoms with van der Waals surface area (Å²) in [4.78, 5) is 24.1. The molecular weight excluding hydrogens is 435 g/mol. The monoisotopic (exact) mass is 462 g/mol. The van der Waals surface area contributed by atoms with E-state index in [-0.39, 0.29) is 23.7 Å². The van der Waals surface area contributed by atoms with E-state index in [9.17, 15) is 9.18 Å². The molecule has 1 aliphatic rings. The molecule has 2 aromatic heterocycles. The first-order valence-electron chi connectivity index (χ1n) is 11.5. The van der Waals surface area contributed by atoms with Crippen molar-refractivity contribution < 1.29 is 9.18 Å². The van der Waals surface area contributed by atoms with E-state index in [2.05, 4.69) is 39.2 Å². The Morgan fingerprint density at radius 3 is 2.91 bits per heavy atom. The van der Waals surface area contributed by atoms with Gasteiger partial charge in [0.2, 0.25) is 5.91 Å². The van der Waals surface area contributed by atoms with Crippen LogP contribution in [-0.2, 0) is 11.2 Å². The second-order valence-corrected chi connectivity index (χ2v) is 9.86. The predicted molar refractivity (Wildman–Crippen MR) is 132 cm³/mol. The van der Waals surface area contributed by atoms with E-state index in [0.29, 0.717) is 17.4 Å². The van der Waals surface area contributed by atoms with Gasteiger partial charge in [-0.25, -0.2) is 14.4 Å². The number of hydrogen-bond acceptors (Lipinski definition) is 5. The van der Waals surface area contributed by atoms with Gasteiger partial charge in [0.1, 0.15) is 18.0 Å². The fraction of sp³-hybridized carbons (Fsp3) is 0.346. The number of aromatic nitrogens is 2. The third kappa shape index (κ3) is 4.55. The Kier molecular flexibility index (Phi) is 6.22. The van der Waals surface area contributed by atoms with Gasteiger partial charge in [-0.2, -0.15) is 0 Å². The fourth-order valence-electron chi connectivity index (χ4n) is 4.64. The van der Waals surface area contributed by atoms with Gasteiger partial charge in [0.15, 0.2) is 0 Å². The maximum Gasteiger partial charge on any atom is 0.225 e. The topological polar surface area (TPSA) is 58.1 Å². The van der Waals surface area contributed by atoms with Gasteiger partial charge in [-0.1, -0.05) is 36.4 Å². The number of hydrogen-bond donors (Lipinski definition) is 1. The maximum absolute atomic E-state index is 14.5. The minimum atomic E-state index is -0.260. The van der Waals surface area contributed by atoms with Crippen LogP contribution in [0.3, 0.4) is 0 Å². The third-order valence-electron chi connectivity index (χ3n) is 6.40. The van der Waals surface area contributed by atoms with Crippen molar-refractivity contribution in [3.63, 3.8) is 0 Å². The number of rotatable bonds is 6. The number of anilines is 1. The Hall–Kier alpha value is -3.06. The molecule has 1 N–H and O–H groups in total. The Morgan fingerprint density at radius 2 is 2.06 bits per heavy atom. The third-order valence-corrected chi connectivity index (χ3v) is 7.54. The second kappa shape index (κ2) is 9.43. The van der Waals surface area contributed by atoms with Gasteiger partial charge in [0, 0.05) is 23.8 Å². The molecule has 0 unspecified atom stereocenters. The zero-order valence-corrected chi connectivity index (χ0v) is 19.4. The molecule has 33 heavy (non-hydrogen) atoms. The van der Waals surface area contributed by atoms with Crippen molar-refractivity contribution in [1.29, 1.82) is 0 Å². The number of piperidine rings is 1. The number of aryl methyl sites for hydroxylation is 1. The molecule has 7 heteroatoms. The van der Waals surface area contributed by atoms with Crippen LogP contribution in [0.1, 0.15) is 31.7 Å². The Morgan fingerprint density at radius 1 is 1.21 bits per heavy atom. The van der Waals surface area contributed by atoms with Crippen molar-refractivity contribution in [1.82, 2.24) is 15.3 Å². The molecule has 0 aliphatic carbocycles. The highest BCUT2D eigenvalue weighted by Gasteiger charge is 2.29. The first-order valence-corrected chi connectivity index (χ1v) is 12.3. The van der Waals surface area contributed by atoms with Gasteiger partial charge in [-0.3, -0.25) is 4.79 Å². The summed E-state index contributed by atoms with van der Waals surface area (Å²) in [5, 5.41) is 3.77. The molecule has 4 aromatic rings. The minimum absolute atomic E-state index is 0.0888. The molecule has 0 spiro atoms. The standard InChI is InChI=1S/C26H27FN4OS/c1-17(12-13-18-7-3-2-4-8-18)30-26(32)19-9-6-14-31(15-19)25-24-23(28-16-29-25)22-20(27)10-5-11-21(22)33-24/h2-5,7-8,10-11,16-17,19H,6,9,12-15H2,1H3,(H,30,32)/t17-,19+/m0/s1. The summed E-state index contributed by atoms with van der Waals surface area (Å²) in [5.74, 6) is 0.556. The Bertz CT molecular complexity index is 1280. The lowest BCUT2D eigenvalue weighted by Crippen LogP contribution is -2.45. The second-order valence-electron chi connectivity index (χ2n) is 8.81. The summed E-state index contributed by atoms with van der Waals surface area (Å²) in [6.45, 7) is 3.51. The maximum atomic E-state index is 14.5. The van der Waals surface area contributed by atoms with Crippen molar-refractivity contribution in [2.45, 2.75) is 38.6 Å². The molecule has 0 bridgehead atoms. The number of benzene rings is 2. The fourth-order valence-corrected chi connectivity index (χ4v) is 5.82. The molecule has 5 rings (SSSR count). The first-order chi connectivity index (χ1) is 16.1. The summed E-state index contributed by atoms with van der Waals surface area (Å²) in [6.07, 6.45) is 5.14. The predicted octanol–water partition coefficient (Wildman–Crippen LogP) is 5.34. The normalized spacial score (nSPS) is 17.4. The van der Waals surface area contributed by atoms with Gasteiger partial charge in [0.25, 0.3) is 0 Å². The number of nitrogens with one attached hydrogen (secondary N) is 1. The van der Waals surface area contributed by atoms with Crippen molar-refractivity contribution in [3.8, 4) is 0 Å². The largest absolute Gasteiger partial charge is 0.355 e. The smallest absolute Gasteiger partial charge is 0.225 e. The van der Waals surface area contributed by atoms with Crippen LogP contribution < -0.4 is 10.2 Å². The van der Waals surface area contributed by atoms with E-state index in [1.807, 2.05) is 24.3 Å². The molecule has 1 aliphatic heterocycles. The SMILES string of the molecule is C[C@@H](CCc1ccccc1)NC(=O)[C@@H]1CCCN(c2ncnc3c2sc2cccc(F)c23)C1. The van der Waals surface area contributed by atoms with Crippen LogP contribution in [0.2, 0.25) is 0 Å². The molecule has 1 fully saturated rings. The Balaban J connectivity index is 1.29. The van der Waals surface area contributed by atoms with Crippen LogP contribution in [0, 0.1) is 11.7 Å². The van der Waals surface area contributed by atoms with Crippen molar-refractivity contribution in [3.05, 3.63) is 66.2 Å². The lowest BCUT2D eigenvalue weighted by atomic mass is 9.96. The van der Waals surface area contributed by atoms with E-state index in [4.69, 9.17) is 0 Å². The summed E-state index contributed by atoms with van der Waals surface area (Å²) in [5.41, 5.74) is 1.94. The van der Waals surface area contributed by atoms with Gasteiger partial charge >= 0.3 is 0 Å². The van der Waals surface area contributed by atoms with Gasteiger partial charge in [0.05, 0.1) is 21.5 Å². The average Bonchev–Trinajstić information content (AvgIpc) is 3.23. The zero-order chi connectivity index (χ0) is 22.8. The van der Waals surface area contributed by atoms with E-state index < -0.39 is 0 Å². The van der Waals surface area contributed by atoms with Crippen LogP contribution in [0.5, 0.6) is 0 Å². The van der Waals surface area contributed by atoms with Crippen molar-refractivity contribution in [2.24, 2.45) is 5.92 Å². The molecule has 1 saturated heterocycles. The molecule has 170 valence electrons. The van der Waals surface area contributed by atoms with Crippen LogP contribution >= 0.6 is 11.3 Å². The highest BCUT2D eigenvalue weighted by Crippen LogP contribution is 2.39. The number of amides is 1. The van der Waals surface area contributed by atoms with E-state index >= 15 is 0 Å². The van der Waals surface area contributed by atoms with E-state index in [0.717, 1.165) is 47.4 Å². The molecular formula is C26H27FN4OS. The summed E-state index contributed by atoms with van der Waals surface area (Å²) < 4.78 is 16.2. The van der Waals surface area contributed by atoms with Crippen molar-refractivity contribution >= 4 is 43.4 Å². The number of fused-ring (bicyclic) bond motifs is 3. The minimum Gasteiger partial charge on any atom is -0.355 e. The number of nitrogens with zero attached hydrogens (tertiary/aromatic N) is 3. The molecule has 0 saturated carbocycles. The average molecular weight is 463 g/mol. The molecule has 5 nitrogen and oxygen atoms in total.